The number of piperazine rings is 1. The zero-order chi connectivity index (χ0) is 25.0. The lowest BCUT2D eigenvalue weighted by atomic mass is 10.0. The predicted octanol–water partition coefficient (Wildman–Crippen LogP) is 6.12. The summed E-state index contributed by atoms with van der Waals surface area (Å²) in [6.45, 7) is 5.43. The molecule has 1 fully saturated rings. The van der Waals surface area contributed by atoms with Crippen LogP contribution in [-0.4, -0.2) is 55.7 Å². The predicted molar refractivity (Wildman–Crippen MR) is 133 cm³/mol. The molecule has 2 amide bonds. The summed E-state index contributed by atoms with van der Waals surface area (Å²) >= 11 is 0. The third-order valence-electron chi connectivity index (χ3n) is 6.28. The fourth-order valence-electron chi connectivity index (χ4n) is 4.06. The summed E-state index contributed by atoms with van der Waals surface area (Å²) in [5, 5.41) is 4.97. The van der Waals surface area contributed by atoms with E-state index in [1.807, 2.05) is 12.1 Å². The highest BCUT2D eigenvalue weighted by molar-refractivity contribution is 5.89. The standard InChI is InChI=1S/C27H28F3N3O2/c1-19(20-3-4-22-18-25(35-2)10-5-21(22)17-20)11-12-32-13-15-33(16-14-32)26(34)31-24-8-6-23(7-9-24)27(28,29)30/h3-11,17-18H,12-16H2,1-2H3,(H,31,34)/b19-11+. The van der Waals surface area contributed by atoms with Gasteiger partial charge in [0.25, 0.3) is 0 Å². The fourth-order valence-corrected chi connectivity index (χ4v) is 4.06. The van der Waals surface area contributed by atoms with Gasteiger partial charge in [0.1, 0.15) is 5.75 Å². The van der Waals surface area contributed by atoms with Crippen LogP contribution in [0.5, 0.6) is 5.75 Å². The number of hydrogen-bond acceptors (Lipinski definition) is 3. The van der Waals surface area contributed by atoms with Gasteiger partial charge >= 0.3 is 12.2 Å². The Bertz CT molecular complexity index is 1210. The Kier molecular flexibility index (Phi) is 7.31. The van der Waals surface area contributed by atoms with Crippen LogP contribution >= 0.6 is 0 Å². The third kappa shape index (κ3) is 6.14. The quantitative estimate of drug-likeness (QED) is 0.476. The van der Waals surface area contributed by atoms with Gasteiger partial charge in [0.05, 0.1) is 12.7 Å². The molecule has 1 heterocycles. The van der Waals surface area contributed by atoms with Gasteiger partial charge in [0.2, 0.25) is 0 Å². The summed E-state index contributed by atoms with van der Waals surface area (Å²) < 4.78 is 43.4. The van der Waals surface area contributed by atoms with E-state index in [2.05, 4.69) is 47.5 Å². The Morgan fingerprint density at radius 2 is 1.63 bits per heavy atom. The summed E-state index contributed by atoms with van der Waals surface area (Å²) in [5.41, 5.74) is 1.96. The van der Waals surface area contributed by atoms with E-state index in [9.17, 15) is 18.0 Å². The second-order valence-electron chi connectivity index (χ2n) is 8.61. The number of alkyl halides is 3. The van der Waals surface area contributed by atoms with Crippen molar-refractivity contribution in [3.8, 4) is 5.75 Å². The number of methoxy groups -OCH3 is 1. The van der Waals surface area contributed by atoms with Gasteiger partial charge < -0.3 is 15.0 Å². The van der Waals surface area contributed by atoms with Crippen LogP contribution in [0.1, 0.15) is 18.1 Å². The number of fused-ring (bicyclic) bond motifs is 1. The van der Waals surface area contributed by atoms with Gasteiger partial charge in [-0.3, -0.25) is 4.90 Å². The highest BCUT2D eigenvalue weighted by Crippen LogP contribution is 2.30. The number of urea groups is 1. The Balaban J connectivity index is 1.28. The minimum Gasteiger partial charge on any atom is -0.497 e. The molecule has 0 unspecified atom stereocenters. The molecule has 0 radical (unpaired) electrons. The second kappa shape index (κ2) is 10.4. The molecule has 35 heavy (non-hydrogen) atoms. The minimum atomic E-state index is -4.39. The first-order valence-corrected chi connectivity index (χ1v) is 11.4. The highest BCUT2D eigenvalue weighted by Gasteiger charge is 2.30. The van der Waals surface area contributed by atoms with Gasteiger partial charge in [-0.15, -0.1) is 0 Å². The van der Waals surface area contributed by atoms with Gasteiger partial charge in [-0.2, -0.15) is 13.2 Å². The van der Waals surface area contributed by atoms with Crippen molar-refractivity contribution in [2.75, 3.05) is 45.2 Å². The molecule has 184 valence electrons. The normalized spacial score (nSPS) is 15.3. The number of anilines is 1. The zero-order valence-electron chi connectivity index (χ0n) is 19.7. The highest BCUT2D eigenvalue weighted by atomic mass is 19.4. The van der Waals surface area contributed by atoms with Crippen molar-refractivity contribution in [3.05, 3.63) is 77.9 Å². The molecule has 8 heteroatoms. The number of carbonyl (C=O) groups excluding carboxylic acids is 1. The second-order valence-corrected chi connectivity index (χ2v) is 8.61. The van der Waals surface area contributed by atoms with Crippen LogP contribution in [-0.2, 0) is 6.18 Å². The zero-order valence-corrected chi connectivity index (χ0v) is 19.7. The first-order valence-electron chi connectivity index (χ1n) is 11.4. The van der Waals surface area contributed by atoms with Crippen LogP contribution in [0, 0.1) is 0 Å². The fraction of sp³-hybridized carbons (Fsp3) is 0.296. The maximum atomic E-state index is 12.7. The van der Waals surface area contributed by atoms with Crippen LogP contribution in [0.4, 0.5) is 23.7 Å². The number of nitrogens with one attached hydrogen (secondary N) is 1. The number of nitrogens with zero attached hydrogens (tertiary/aromatic N) is 2. The maximum absolute atomic E-state index is 12.7. The third-order valence-corrected chi connectivity index (χ3v) is 6.28. The molecule has 0 aliphatic carbocycles. The largest absolute Gasteiger partial charge is 0.497 e. The van der Waals surface area contributed by atoms with E-state index >= 15 is 0 Å². The van der Waals surface area contributed by atoms with E-state index in [1.54, 1.807) is 12.0 Å². The van der Waals surface area contributed by atoms with E-state index in [0.717, 1.165) is 53.9 Å². The van der Waals surface area contributed by atoms with Crippen LogP contribution in [0.15, 0.2) is 66.7 Å². The molecule has 3 aromatic rings. The summed E-state index contributed by atoms with van der Waals surface area (Å²) in [6.07, 6.45) is -2.20. The Morgan fingerprint density at radius 3 is 2.29 bits per heavy atom. The number of hydrogen-bond donors (Lipinski definition) is 1. The molecule has 1 saturated heterocycles. The Hall–Kier alpha value is -3.52. The molecule has 3 aromatic carbocycles. The van der Waals surface area contributed by atoms with Crippen molar-refractivity contribution >= 4 is 28.1 Å². The van der Waals surface area contributed by atoms with E-state index in [-0.39, 0.29) is 6.03 Å². The number of rotatable bonds is 5. The van der Waals surface area contributed by atoms with Crippen LogP contribution in [0.3, 0.4) is 0 Å². The molecule has 1 aliphatic heterocycles. The molecule has 1 aliphatic rings. The molecule has 0 atom stereocenters. The minimum absolute atomic E-state index is 0.302. The number of halogens is 3. The van der Waals surface area contributed by atoms with Crippen molar-refractivity contribution in [2.24, 2.45) is 0 Å². The molecular formula is C27H28F3N3O2. The topological polar surface area (TPSA) is 44.8 Å². The van der Waals surface area contributed by atoms with Gasteiger partial charge in [-0.1, -0.05) is 24.3 Å². The first-order chi connectivity index (χ1) is 16.7. The number of amides is 2. The number of ether oxygens (including phenoxy) is 1. The lowest BCUT2D eigenvalue weighted by Crippen LogP contribution is -2.49. The van der Waals surface area contributed by atoms with Crippen molar-refractivity contribution in [3.63, 3.8) is 0 Å². The van der Waals surface area contributed by atoms with Gasteiger partial charge in [0.15, 0.2) is 0 Å². The number of benzene rings is 3. The van der Waals surface area contributed by atoms with Crippen molar-refractivity contribution in [1.29, 1.82) is 0 Å². The van der Waals surface area contributed by atoms with Crippen molar-refractivity contribution in [2.45, 2.75) is 13.1 Å². The number of allylic oxidation sites excluding steroid dienone is 1. The van der Waals surface area contributed by atoms with Crippen molar-refractivity contribution in [1.82, 2.24) is 9.80 Å². The average molecular weight is 484 g/mol. The molecule has 1 N–H and O–H groups in total. The molecule has 0 saturated carbocycles. The number of carbonyl (C=O) groups is 1. The van der Waals surface area contributed by atoms with Crippen molar-refractivity contribution < 1.29 is 22.7 Å². The van der Waals surface area contributed by atoms with Gasteiger partial charge in [-0.05, 0) is 71.3 Å². The van der Waals surface area contributed by atoms with E-state index in [4.69, 9.17) is 4.74 Å². The Morgan fingerprint density at radius 1 is 0.971 bits per heavy atom. The maximum Gasteiger partial charge on any atom is 0.416 e. The van der Waals surface area contributed by atoms with Gasteiger partial charge in [-0.25, -0.2) is 4.79 Å². The lowest BCUT2D eigenvalue weighted by molar-refractivity contribution is -0.137. The molecule has 4 rings (SSSR count). The molecule has 0 bridgehead atoms. The van der Waals surface area contributed by atoms with E-state index in [0.29, 0.717) is 18.8 Å². The van der Waals surface area contributed by atoms with E-state index < -0.39 is 11.7 Å². The molecule has 0 spiro atoms. The summed E-state index contributed by atoms with van der Waals surface area (Å²) in [7, 11) is 1.66. The molecule has 0 aromatic heterocycles. The monoisotopic (exact) mass is 483 g/mol. The van der Waals surface area contributed by atoms with Crippen LogP contribution in [0.25, 0.3) is 16.3 Å². The SMILES string of the molecule is COc1ccc2cc(/C(C)=C/CN3CCN(C(=O)Nc4ccc(C(F)(F)F)cc4)CC3)ccc2c1. The Labute approximate surface area is 202 Å². The summed E-state index contributed by atoms with van der Waals surface area (Å²) in [6, 6.07) is 16.6. The van der Waals surface area contributed by atoms with Gasteiger partial charge in [0, 0.05) is 38.4 Å². The van der Waals surface area contributed by atoms with Crippen LogP contribution in [0.2, 0.25) is 0 Å². The summed E-state index contributed by atoms with van der Waals surface area (Å²) in [5.74, 6) is 0.838. The average Bonchev–Trinajstić information content (AvgIpc) is 2.86. The van der Waals surface area contributed by atoms with Crippen LogP contribution < -0.4 is 10.1 Å². The molecule has 5 nitrogen and oxygen atoms in total. The molecular weight excluding hydrogens is 455 g/mol. The van der Waals surface area contributed by atoms with E-state index in [1.165, 1.54) is 17.7 Å². The summed E-state index contributed by atoms with van der Waals surface area (Å²) in [4.78, 5) is 16.5. The first kappa shape index (κ1) is 24.6. The lowest BCUT2D eigenvalue weighted by Gasteiger charge is -2.34. The smallest absolute Gasteiger partial charge is 0.416 e.